The molecule has 0 aliphatic carbocycles. The highest BCUT2D eigenvalue weighted by Gasteiger charge is 2.13. The first-order valence-corrected chi connectivity index (χ1v) is 7.32. The van der Waals surface area contributed by atoms with E-state index < -0.39 is 0 Å². The number of halogens is 1. The molecule has 0 saturated carbocycles. The molecule has 0 aliphatic heterocycles. The Bertz CT molecular complexity index is 893. The second kappa shape index (κ2) is 5.33. The van der Waals surface area contributed by atoms with Crippen molar-refractivity contribution in [3.63, 3.8) is 0 Å². The van der Waals surface area contributed by atoms with E-state index in [1.807, 2.05) is 31.2 Å². The first kappa shape index (κ1) is 13.8. The van der Waals surface area contributed by atoms with E-state index >= 15 is 0 Å². The molecule has 2 N–H and O–H groups in total. The number of nitrogens with one attached hydrogen (secondary N) is 2. The molecule has 0 bridgehead atoms. The number of rotatable bonds is 3. The van der Waals surface area contributed by atoms with Crippen LogP contribution in [0, 0.1) is 6.92 Å². The molecular weight excluding hydrogens is 332 g/mol. The van der Waals surface area contributed by atoms with Crippen LogP contribution in [0.3, 0.4) is 0 Å². The topological polar surface area (TPSA) is 65.7 Å². The lowest BCUT2D eigenvalue weighted by Gasteiger charge is -2.05. The molecule has 1 heterocycles. The van der Waals surface area contributed by atoms with Gasteiger partial charge in [-0.25, -0.2) is 4.79 Å². The maximum atomic E-state index is 12.5. The van der Waals surface area contributed by atoms with Gasteiger partial charge >= 0.3 is 5.69 Å². The van der Waals surface area contributed by atoms with Crippen LogP contribution >= 0.6 is 15.9 Å². The molecule has 0 atom stereocenters. The molecule has 0 spiro atoms. The van der Waals surface area contributed by atoms with Gasteiger partial charge in [-0.2, -0.15) is 0 Å². The van der Waals surface area contributed by atoms with Gasteiger partial charge in [0.05, 0.1) is 11.0 Å². The van der Waals surface area contributed by atoms with Crippen LogP contribution in [0.2, 0.25) is 0 Å². The summed E-state index contributed by atoms with van der Waals surface area (Å²) < 4.78 is 0.683. The fourth-order valence-corrected chi connectivity index (χ4v) is 2.94. The van der Waals surface area contributed by atoms with E-state index in [0.717, 1.165) is 11.1 Å². The first-order valence-electron chi connectivity index (χ1n) is 6.53. The Kier molecular flexibility index (Phi) is 3.51. The quantitative estimate of drug-likeness (QED) is 0.715. The maximum absolute atomic E-state index is 12.5. The van der Waals surface area contributed by atoms with Crippen LogP contribution in [0.1, 0.15) is 21.5 Å². The van der Waals surface area contributed by atoms with Crippen molar-refractivity contribution in [2.75, 3.05) is 0 Å². The fraction of sp³-hybridized carbons (Fsp3) is 0.125. The van der Waals surface area contributed by atoms with E-state index in [2.05, 4.69) is 25.9 Å². The summed E-state index contributed by atoms with van der Waals surface area (Å²) in [5, 5.41) is 0. The van der Waals surface area contributed by atoms with Crippen molar-refractivity contribution in [1.82, 2.24) is 9.97 Å². The zero-order valence-corrected chi connectivity index (χ0v) is 13.0. The lowest BCUT2D eigenvalue weighted by molar-refractivity contribution is 0.0992. The third-order valence-corrected chi connectivity index (χ3v) is 4.01. The molecule has 0 radical (unpaired) electrons. The highest BCUT2D eigenvalue weighted by Crippen LogP contribution is 2.23. The van der Waals surface area contributed by atoms with Gasteiger partial charge in [-0.05, 0) is 40.5 Å². The SMILES string of the molecule is Cc1cccc(CC(=O)c2cc3[nH]c(=O)[nH]c3cc2Br)c1. The molecule has 0 amide bonds. The number of hydrogen-bond donors (Lipinski definition) is 2. The maximum Gasteiger partial charge on any atom is 0.323 e. The van der Waals surface area contributed by atoms with Crippen LogP contribution in [-0.2, 0) is 6.42 Å². The predicted octanol–water partition coefficient (Wildman–Crippen LogP) is 3.35. The molecular formula is C16H13BrN2O2. The van der Waals surface area contributed by atoms with E-state index in [-0.39, 0.29) is 11.5 Å². The molecule has 3 aromatic rings. The Hall–Kier alpha value is -2.14. The van der Waals surface area contributed by atoms with Crippen LogP contribution in [0.15, 0.2) is 45.7 Å². The Morgan fingerprint density at radius 3 is 2.57 bits per heavy atom. The largest absolute Gasteiger partial charge is 0.323 e. The molecule has 0 fully saturated rings. The zero-order chi connectivity index (χ0) is 15.0. The molecule has 106 valence electrons. The summed E-state index contributed by atoms with van der Waals surface area (Å²) in [6, 6.07) is 11.3. The number of ketones is 1. The van der Waals surface area contributed by atoms with Crippen LogP contribution in [0.25, 0.3) is 11.0 Å². The lowest BCUT2D eigenvalue weighted by Crippen LogP contribution is -2.05. The molecule has 1 aromatic heterocycles. The fourth-order valence-electron chi connectivity index (χ4n) is 2.37. The summed E-state index contributed by atoms with van der Waals surface area (Å²) in [6.45, 7) is 2.00. The monoisotopic (exact) mass is 344 g/mol. The van der Waals surface area contributed by atoms with Crippen molar-refractivity contribution < 1.29 is 4.79 Å². The number of carbonyl (C=O) groups excluding carboxylic acids is 1. The average Bonchev–Trinajstić information content (AvgIpc) is 2.76. The summed E-state index contributed by atoms with van der Waals surface area (Å²) in [6.07, 6.45) is 0.334. The van der Waals surface area contributed by atoms with Gasteiger partial charge in [0.15, 0.2) is 5.78 Å². The molecule has 3 rings (SSSR count). The third-order valence-electron chi connectivity index (χ3n) is 3.35. The number of benzene rings is 2. The lowest BCUT2D eigenvalue weighted by atomic mass is 10.0. The summed E-state index contributed by atoms with van der Waals surface area (Å²) in [5.74, 6) is 0.0106. The van der Waals surface area contributed by atoms with Crippen molar-refractivity contribution in [2.45, 2.75) is 13.3 Å². The number of imidazole rings is 1. The van der Waals surface area contributed by atoms with Crippen molar-refractivity contribution in [2.24, 2.45) is 0 Å². The van der Waals surface area contributed by atoms with Gasteiger partial charge < -0.3 is 9.97 Å². The number of carbonyl (C=O) groups is 1. The number of aryl methyl sites for hydroxylation is 1. The summed E-state index contributed by atoms with van der Waals surface area (Å²) >= 11 is 3.40. The Morgan fingerprint density at radius 1 is 1.14 bits per heavy atom. The number of aromatic amines is 2. The minimum Gasteiger partial charge on any atom is -0.306 e. The van der Waals surface area contributed by atoms with Gasteiger partial charge in [-0.3, -0.25) is 4.79 Å². The molecule has 21 heavy (non-hydrogen) atoms. The van der Waals surface area contributed by atoms with Crippen LogP contribution in [0.5, 0.6) is 0 Å². The molecule has 4 nitrogen and oxygen atoms in total. The van der Waals surface area contributed by atoms with Gasteiger partial charge in [-0.1, -0.05) is 29.8 Å². The van der Waals surface area contributed by atoms with Crippen molar-refractivity contribution in [3.05, 3.63) is 68.0 Å². The Balaban J connectivity index is 1.97. The Labute approximate surface area is 129 Å². The molecule has 5 heteroatoms. The zero-order valence-electron chi connectivity index (χ0n) is 11.4. The number of aromatic nitrogens is 2. The summed E-state index contributed by atoms with van der Waals surface area (Å²) in [5.41, 5.74) is 3.72. The second-order valence-electron chi connectivity index (χ2n) is 5.05. The van der Waals surface area contributed by atoms with Crippen molar-refractivity contribution >= 4 is 32.7 Å². The van der Waals surface area contributed by atoms with Crippen molar-refractivity contribution in [1.29, 1.82) is 0 Å². The standard InChI is InChI=1S/C16H13BrN2O2/c1-9-3-2-4-10(5-9)6-15(20)11-7-13-14(8-12(11)17)19-16(21)18-13/h2-5,7-8H,6H2,1H3,(H2,18,19,21). The summed E-state index contributed by atoms with van der Waals surface area (Å²) in [7, 11) is 0. The number of Topliss-reactive ketones (excluding diaryl/α,β-unsaturated/α-hetero) is 1. The normalized spacial score (nSPS) is 11.0. The van der Waals surface area contributed by atoms with Gasteiger partial charge in [-0.15, -0.1) is 0 Å². The number of fused-ring (bicyclic) bond motifs is 1. The first-order chi connectivity index (χ1) is 10.0. The van der Waals surface area contributed by atoms with Crippen LogP contribution in [-0.4, -0.2) is 15.8 Å². The van der Waals surface area contributed by atoms with E-state index in [4.69, 9.17) is 0 Å². The van der Waals surface area contributed by atoms with E-state index in [1.54, 1.807) is 12.1 Å². The number of hydrogen-bond acceptors (Lipinski definition) is 2. The highest BCUT2D eigenvalue weighted by molar-refractivity contribution is 9.10. The second-order valence-corrected chi connectivity index (χ2v) is 5.90. The molecule has 0 saturated heterocycles. The predicted molar refractivity (Wildman–Crippen MR) is 85.8 cm³/mol. The highest BCUT2D eigenvalue weighted by atomic mass is 79.9. The summed E-state index contributed by atoms with van der Waals surface area (Å²) in [4.78, 5) is 29.1. The van der Waals surface area contributed by atoms with E-state index in [9.17, 15) is 9.59 Å². The molecule has 0 unspecified atom stereocenters. The van der Waals surface area contributed by atoms with Gasteiger partial charge in [0.2, 0.25) is 0 Å². The Morgan fingerprint density at radius 2 is 1.86 bits per heavy atom. The van der Waals surface area contributed by atoms with Crippen LogP contribution in [0.4, 0.5) is 0 Å². The molecule has 0 aliphatic rings. The van der Waals surface area contributed by atoms with Gasteiger partial charge in [0.25, 0.3) is 0 Å². The average molecular weight is 345 g/mol. The third kappa shape index (κ3) is 2.83. The number of H-pyrrole nitrogens is 2. The van der Waals surface area contributed by atoms with E-state index in [0.29, 0.717) is 27.5 Å². The minimum atomic E-state index is -0.278. The van der Waals surface area contributed by atoms with Crippen molar-refractivity contribution in [3.8, 4) is 0 Å². The smallest absolute Gasteiger partial charge is 0.306 e. The van der Waals surface area contributed by atoms with Gasteiger partial charge in [0, 0.05) is 16.5 Å². The minimum absolute atomic E-state index is 0.0106. The molecule has 2 aromatic carbocycles. The van der Waals surface area contributed by atoms with E-state index in [1.165, 1.54) is 0 Å². The van der Waals surface area contributed by atoms with Crippen LogP contribution < -0.4 is 5.69 Å². The van der Waals surface area contributed by atoms with Gasteiger partial charge in [0.1, 0.15) is 0 Å².